The second-order valence-electron chi connectivity index (χ2n) is 5.41. The fourth-order valence-corrected chi connectivity index (χ4v) is 3.23. The first-order valence-electron chi connectivity index (χ1n) is 7.58. The van der Waals surface area contributed by atoms with Crippen molar-refractivity contribution in [3.05, 3.63) is 93.7 Å². The second-order valence-corrected chi connectivity index (χ2v) is 6.26. The Balaban J connectivity index is 2.16. The van der Waals surface area contributed by atoms with Crippen LogP contribution in [0.15, 0.2) is 88.1 Å². The summed E-state index contributed by atoms with van der Waals surface area (Å²) in [4.78, 5) is 17.9. The van der Waals surface area contributed by atoms with Gasteiger partial charge in [-0.1, -0.05) is 64.5 Å². The molecule has 0 amide bonds. The normalized spacial score (nSPS) is 10.9. The van der Waals surface area contributed by atoms with Crippen LogP contribution in [0.25, 0.3) is 28.0 Å². The van der Waals surface area contributed by atoms with E-state index < -0.39 is 0 Å². The van der Waals surface area contributed by atoms with Crippen molar-refractivity contribution in [2.45, 2.75) is 0 Å². The van der Waals surface area contributed by atoms with Crippen LogP contribution >= 0.6 is 15.9 Å². The SMILES string of the molecule is O=c1c2ccccc2nc(-c2ccccc2Br)n1-c1ccccc1. The highest BCUT2D eigenvalue weighted by molar-refractivity contribution is 9.10. The number of halogens is 1. The van der Waals surface area contributed by atoms with Gasteiger partial charge >= 0.3 is 0 Å². The molecule has 116 valence electrons. The average Bonchev–Trinajstić information content (AvgIpc) is 2.63. The van der Waals surface area contributed by atoms with E-state index in [0.717, 1.165) is 15.7 Å². The first-order chi connectivity index (χ1) is 11.8. The second kappa shape index (κ2) is 6.06. The van der Waals surface area contributed by atoms with Crippen molar-refractivity contribution in [3.8, 4) is 17.1 Å². The van der Waals surface area contributed by atoms with Gasteiger partial charge in [0.25, 0.3) is 5.56 Å². The maximum atomic E-state index is 13.1. The zero-order valence-corrected chi connectivity index (χ0v) is 14.3. The highest BCUT2D eigenvalue weighted by Crippen LogP contribution is 2.28. The summed E-state index contributed by atoms with van der Waals surface area (Å²) in [6, 6.07) is 24.8. The van der Waals surface area contributed by atoms with Gasteiger partial charge in [0.1, 0.15) is 5.82 Å². The third-order valence-electron chi connectivity index (χ3n) is 3.90. The molecule has 3 nitrogen and oxygen atoms in total. The highest BCUT2D eigenvalue weighted by atomic mass is 79.9. The van der Waals surface area contributed by atoms with E-state index in [1.807, 2.05) is 78.9 Å². The van der Waals surface area contributed by atoms with Crippen molar-refractivity contribution in [2.24, 2.45) is 0 Å². The van der Waals surface area contributed by atoms with E-state index in [9.17, 15) is 4.79 Å². The lowest BCUT2D eigenvalue weighted by molar-refractivity contribution is 0.975. The lowest BCUT2D eigenvalue weighted by Gasteiger charge is -2.14. The summed E-state index contributed by atoms with van der Waals surface area (Å²) >= 11 is 3.57. The minimum absolute atomic E-state index is 0.0717. The monoisotopic (exact) mass is 376 g/mol. The molecule has 1 heterocycles. The maximum absolute atomic E-state index is 13.1. The van der Waals surface area contributed by atoms with Crippen LogP contribution in [-0.4, -0.2) is 9.55 Å². The lowest BCUT2D eigenvalue weighted by atomic mass is 10.1. The topological polar surface area (TPSA) is 34.9 Å². The van der Waals surface area contributed by atoms with E-state index in [0.29, 0.717) is 16.7 Å². The molecule has 0 fully saturated rings. The molecule has 0 saturated heterocycles. The molecule has 4 rings (SSSR count). The van der Waals surface area contributed by atoms with Crippen molar-refractivity contribution >= 4 is 26.8 Å². The lowest BCUT2D eigenvalue weighted by Crippen LogP contribution is -2.22. The van der Waals surface area contributed by atoms with Crippen LogP contribution in [0.3, 0.4) is 0 Å². The van der Waals surface area contributed by atoms with Crippen LogP contribution in [0.1, 0.15) is 0 Å². The summed E-state index contributed by atoms with van der Waals surface area (Å²) in [7, 11) is 0. The third-order valence-corrected chi connectivity index (χ3v) is 4.60. The van der Waals surface area contributed by atoms with Gasteiger partial charge in [0.05, 0.1) is 16.6 Å². The van der Waals surface area contributed by atoms with Crippen LogP contribution in [0, 0.1) is 0 Å². The van der Waals surface area contributed by atoms with E-state index in [1.54, 1.807) is 4.57 Å². The van der Waals surface area contributed by atoms with Gasteiger partial charge in [-0.3, -0.25) is 9.36 Å². The fourth-order valence-electron chi connectivity index (χ4n) is 2.77. The summed E-state index contributed by atoms with van der Waals surface area (Å²) in [6.45, 7) is 0. The van der Waals surface area contributed by atoms with Crippen molar-refractivity contribution < 1.29 is 0 Å². The summed E-state index contributed by atoms with van der Waals surface area (Å²) < 4.78 is 2.57. The molecular formula is C20H13BrN2O. The van der Waals surface area contributed by atoms with E-state index in [-0.39, 0.29) is 5.56 Å². The molecular weight excluding hydrogens is 364 g/mol. The van der Waals surface area contributed by atoms with Gasteiger partial charge in [-0.2, -0.15) is 0 Å². The molecule has 0 atom stereocenters. The van der Waals surface area contributed by atoms with Gasteiger partial charge in [0.2, 0.25) is 0 Å². The van der Waals surface area contributed by atoms with Gasteiger partial charge in [-0.25, -0.2) is 4.98 Å². The van der Waals surface area contributed by atoms with Gasteiger partial charge in [-0.05, 0) is 30.3 Å². The van der Waals surface area contributed by atoms with Gasteiger partial charge in [0, 0.05) is 10.0 Å². The minimum atomic E-state index is -0.0717. The predicted molar refractivity (Wildman–Crippen MR) is 100 cm³/mol. The maximum Gasteiger partial charge on any atom is 0.266 e. The third kappa shape index (κ3) is 2.45. The Morgan fingerprint density at radius 1 is 0.792 bits per heavy atom. The largest absolute Gasteiger partial charge is 0.268 e. The van der Waals surface area contributed by atoms with Crippen LogP contribution < -0.4 is 5.56 Å². The number of benzene rings is 3. The van der Waals surface area contributed by atoms with Gasteiger partial charge in [0.15, 0.2) is 0 Å². The molecule has 1 aromatic heterocycles. The molecule has 0 saturated carbocycles. The first-order valence-corrected chi connectivity index (χ1v) is 8.37. The number of hydrogen-bond donors (Lipinski definition) is 0. The molecule has 4 heteroatoms. The molecule has 0 bridgehead atoms. The molecule has 3 aromatic carbocycles. The Morgan fingerprint density at radius 3 is 2.25 bits per heavy atom. The predicted octanol–water partition coefficient (Wildman–Crippen LogP) is 4.82. The molecule has 0 unspecified atom stereocenters. The molecule has 0 spiro atoms. The Kier molecular flexibility index (Phi) is 3.75. The minimum Gasteiger partial charge on any atom is -0.268 e. The van der Waals surface area contributed by atoms with Crippen molar-refractivity contribution in [1.29, 1.82) is 0 Å². The quantitative estimate of drug-likeness (QED) is 0.502. The Morgan fingerprint density at radius 2 is 1.46 bits per heavy atom. The number of fused-ring (bicyclic) bond motifs is 1. The van der Waals surface area contributed by atoms with Gasteiger partial charge < -0.3 is 0 Å². The standard InChI is InChI=1S/C20H13BrN2O/c21-17-12-6-4-10-15(17)19-22-18-13-7-5-11-16(18)20(24)23(19)14-8-2-1-3-9-14/h1-13H. The molecule has 0 aliphatic rings. The number of aromatic nitrogens is 2. The average molecular weight is 377 g/mol. The molecule has 4 aromatic rings. The summed E-state index contributed by atoms with van der Waals surface area (Å²) in [5.74, 6) is 0.623. The summed E-state index contributed by atoms with van der Waals surface area (Å²) in [6.07, 6.45) is 0. The van der Waals surface area contributed by atoms with E-state index in [1.165, 1.54) is 0 Å². The van der Waals surface area contributed by atoms with Crippen LogP contribution in [0.2, 0.25) is 0 Å². The molecule has 0 aliphatic carbocycles. The van der Waals surface area contributed by atoms with E-state index >= 15 is 0 Å². The number of rotatable bonds is 2. The zero-order chi connectivity index (χ0) is 16.5. The summed E-state index contributed by atoms with van der Waals surface area (Å²) in [5, 5.41) is 0.608. The Labute approximate surface area is 147 Å². The summed E-state index contributed by atoms with van der Waals surface area (Å²) in [5.41, 5.74) is 2.30. The molecule has 0 N–H and O–H groups in total. The van der Waals surface area contributed by atoms with Crippen LogP contribution in [0.4, 0.5) is 0 Å². The fraction of sp³-hybridized carbons (Fsp3) is 0. The zero-order valence-electron chi connectivity index (χ0n) is 12.7. The Bertz CT molecular complexity index is 1090. The van der Waals surface area contributed by atoms with E-state index in [2.05, 4.69) is 15.9 Å². The molecule has 0 aliphatic heterocycles. The molecule has 24 heavy (non-hydrogen) atoms. The number of hydrogen-bond acceptors (Lipinski definition) is 2. The highest BCUT2D eigenvalue weighted by Gasteiger charge is 2.15. The first kappa shape index (κ1) is 14.8. The smallest absolute Gasteiger partial charge is 0.266 e. The van der Waals surface area contributed by atoms with Crippen LogP contribution in [0.5, 0.6) is 0 Å². The van der Waals surface area contributed by atoms with Crippen molar-refractivity contribution in [3.63, 3.8) is 0 Å². The van der Waals surface area contributed by atoms with Crippen molar-refractivity contribution in [1.82, 2.24) is 9.55 Å². The molecule has 0 radical (unpaired) electrons. The Hall–Kier alpha value is -2.72. The van der Waals surface area contributed by atoms with E-state index in [4.69, 9.17) is 4.98 Å². The van der Waals surface area contributed by atoms with Crippen LogP contribution in [-0.2, 0) is 0 Å². The van der Waals surface area contributed by atoms with Crippen molar-refractivity contribution in [2.75, 3.05) is 0 Å². The number of nitrogens with zero attached hydrogens (tertiary/aromatic N) is 2. The van der Waals surface area contributed by atoms with Gasteiger partial charge in [-0.15, -0.1) is 0 Å². The number of para-hydroxylation sites is 2.